The summed E-state index contributed by atoms with van der Waals surface area (Å²) >= 11 is 6.93. The van der Waals surface area contributed by atoms with Gasteiger partial charge in [-0.15, -0.1) is 0 Å². The molecule has 2 amide bonds. The van der Waals surface area contributed by atoms with Gasteiger partial charge in [0.05, 0.1) is 11.4 Å². The molecule has 0 heterocycles. The van der Waals surface area contributed by atoms with Crippen LogP contribution in [0.1, 0.15) is 0 Å². The normalized spacial score (nSPS) is 10.2. The number of nitrogens with zero attached hydrogens (tertiary/aromatic N) is 2. The van der Waals surface area contributed by atoms with Crippen LogP contribution in [0, 0.1) is 0 Å². The molecule has 0 aliphatic rings. The van der Waals surface area contributed by atoms with E-state index in [1.165, 1.54) is 0 Å². The van der Waals surface area contributed by atoms with Crippen LogP contribution in [-0.4, -0.2) is 20.1 Å². The number of carbonyl (C=O) groups is 1. The van der Waals surface area contributed by atoms with Gasteiger partial charge in [-0.1, -0.05) is 24.3 Å². The van der Waals surface area contributed by atoms with Gasteiger partial charge in [0.1, 0.15) is 0 Å². The van der Waals surface area contributed by atoms with Crippen LogP contribution in [0.5, 0.6) is 0 Å². The standard InChI is InChI=1S/C15H14Br2N2O/c1-18(13-9-5-3-7-11(13)16)15(20)19(2)14-10-6-4-8-12(14)17/h3-10H,1-2H3. The van der Waals surface area contributed by atoms with Gasteiger partial charge in [-0.05, 0) is 56.1 Å². The van der Waals surface area contributed by atoms with E-state index < -0.39 is 0 Å². The molecule has 0 unspecified atom stereocenters. The van der Waals surface area contributed by atoms with E-state index in [9.17, 15) is 4.79 Å². The van der Waals surface area contributed by atoms with E-state index in [0.717, 1.165) is 20.3 Å². The Kier molecular flexibility index (Phi) is 4.83. The van der Waals surface area contributed by atoms with Crippen molar-refractivity contribution in [2.45, 2.75) is 0 Å². The fraction of sp³-hybridized carbons (Fsp3) is 0.133. The van der Waals surface area contributed by atoms with Crippen LogP contribution in [0.2, 0.25) is 0 Å². The molecule has 2 aromatic rings. The van der Waals surface area contributed by atoms with Crippen molar-refractivity contribution in [3.8, 4) is 0 Å². The summed E-state index contributed by atoms with van der Waals surface area (Å²) in [6.45, 7) is 0. The van der Waals surface area contributed by atoms with Crippen molar-refractivity contribution >= 4 is 49.3 Å². The number of rotatable bonds is 2. The summed E-state index contributed by atoms with van der Waals surface area (Å²) in [5.41, 5.74) is 1.66. The van der Waals surface area contributed by atoms with Crippen molar-refractivity contribution in [3.63, 3.8) is 0 Å². The van der Waals surface area contributed by atoms with Gasteiger partial charge in [0.25, 0.3) is 0 Å². The third kappa shape index (κ3) is 3.04. The van der Waals surface area contributed by atoms with E-state index in [4.69, 9.17) is 0 Å². The van der Waals surface area contributed by atoms with Crippen LogP contribution < -0.4 is 9.80 Å². The van der Waals surface area contributed by atoms with Gasteiger partial charge in [-0.25, -0.2) is 4.79 Å². The molecule has 0 saturated heterocycles. The second kappa shape index (κ2) is 6.41. The van der Waals surface area contributed by atoms with E-state index in [-0.39, 0.29) is 6.03 Å². The number of para-hydroxylation sites is 2. The molecule has 0 atom stereocenters. The number of urea groups is 1. The van der Waals surface area contributed by atoms with Crippen molar-refractivity contribution in [1.29, 1.82) is 0 Å². The molecule has 0 saturated carbocycles. The molecule has 3 nitrogen and oxygen atoms in total. The van der Waals surface area contributed by atoms with E-state index in [1.54, 1.807) is 23.9 Å². The predicted octanol–water partition coefficient (Wildman–Crippen LogP) is 4.90. The highest BCUT2D eigenvalue weighted by Gasteiger charge is 2.19. The van der Waals surface area contributed by atoms with Gasteiger partial charge in [-0.2, -0.15) is 0 Å². The van der Waals surface area contributed by atoms with Gasteiger partial charge >= 0.3 is 6.03 Å². The van der Waals surface area contributed by atoms with Gasteiger partial charge in [-0.3, -0.25) is 9.80 Å². The zero-order chi connectivity index (χ0) is 14.7. The lowest BCUT2D eigenvalue weighted by molar-refractivity contribution is 0.253. The fourth-order valence-corrected chi connectivity index (χ4v) is 2.98. The molecular formula is C15H14Br2N2O. The lowest BCUT2D eigenvalue weighted by atomic mass is 10.3. The minimum atomic E-state index is -0.108. The van der Waals surface area contributed by atoms with E-state index in [2.05, 4.69) is 31.9 Å². The van der Waals surface area contributed by atoms with Crippen molar-refractivity contribution in [1.82, 2.24) is 0 Å². The summed E-state index contributed by atoms with van der Waals surface area (Å²) in [7, 11) is 3.52. The minimum Gasteiger partial charge on any atom is -0.296 e. The van der Waals surface area contributed by atoms with Crippen molar-refractivity contribution < 1.29 is 4.79 Å². The van der Waals surface area contributed by atoms with Gasteiger partial charge in [0.15, 0.2) is 0 Å². The number of halogens is 2. The molecule has 0 bridgehead atoms. The van der Waals surface area contributed by atoms with Crippen molar-refractivity contribution in [3.05, 3.63) is 57.5 Å². The highest BCUT2D eigenvalue weighted by Crippen LogP contribution is 2.29. The first-order valence-corrected chi connectivity index (χ1v) is 7.61. The third-order valence-electron chi connectivity index (χ3n) is 3.00. The average Bonchev–Trinajstić information content (AvgIpc) is 2.46. The Morgan fingerprint density at radius 3 is 1.50 bits per heavy atom. The van der Waals surface area contributed by atoms with E-state index in [1.807, 2.05) is 48.5 Å². The maximum atomic E-state index is 12.6. The lowest BCUT2D eigenvalue weighted by Crippen LogP contribution is -2.39. The maximum Gasteiger partial charge on any atom is 0.328 e. The Bertz CT molecular complexity index is 577. The van der Waals surface area contributed by atoms with Crippen LogP contribution >= 0.6 is 31.9 Å². The zero-order valence-corrected chi connectivity index (χ0v) is 14.3. The molecule has 20 heavy (non-hydrogen) atoms. The molecule has 0 radical (unpaired) electrons. The van der Waals surface area contributed by atoms with Crippen LogP contribution in [-0.2, 0) is 0 Å². The second-order valence-electron chi connectivity index (χ2n) is 4.30. The number of hydrogen-bond donors (Lipinski definition) is 0. The SMILES string of the molecule is CN(C(=O)N(C)c1ccccc1Br)c1ccccc1Br. The Hall–Kier alpha value is -1.33. The van der Waals surface area contributed by atoms with Crippen LogP contribution in [0.3, 0.4) is 0 Å². The molecule has 0 aliphatic carbocycles. The summed E-state index contributed by atoms with van der Waals surface area (Å²) in [5, 5.41) is 0. The number of anilines is 2. The summed E-state index contributed by atoms with van der Waals surface area (Å²) in [6.07, 6.45) is 0. The first kappa shape index (κ1) is 15.1. The van der Waals surface area contributed by atoms with Crippen molar-refractivity contribution in [2.24, 2.45) is 0 Å². The van der Waals surface area contributed by atoms with E-state index in [0.29, 0.717) is 0 Å². The molecule has 0 aliphatic heterocycles. The number of amides is 2. The highest BCUT2D eigenvalue weighted by atomic mass is 79.9. The molecule has 2 aromatic carbocycles. The van der Waals surface area contributed by atoms with Gasteiger partial charge in [0.2, 0.25) is 0 Å². The molecular weight excluding hydrogens is 384 g/mol. The smallest absolute Gasteiger partial charge is 0.296 e. The Morgan fingerprint density at radius 1 is 0.800 bits per heavy atom. The summed E-state index contributed by atoms with van der Waals surface area (Å²) in [5.74, 6) is 0. The molecule has 0 fully saturated rings. The number of carbonyl (C=O) groups excluding carboxylic acids is 1. The first-order valence-electron chi connectivity index (χ1n) is 6.03. The molecule has 0 spiro atoms. The molecule has 0 aromatic heterocycles. The van der Waals surface area contributed by atoms with Gasteiger partial charge in [0, 0.05) is 23.0 Å². The Balaban J connectivity index is 2.28. The van der Waals surface area contributed by atoms with Crippen LogP contribution in [0.4, 0.5) is 16.2 Å². The zero-order valence-electron chi connectivity index (χ0n) is 11.2. The van der Waals surface area contributed by atoms with Gasteiger partial charge < -0.3 is 0 Å². The first-order chi connectivity index (χ1) is 9.52. The minimum absolute atomic E-state index is 0.108. The number of hydrogen-bond acceptors (Lipinski definition) is 1. The third-order valence-corrected chi connectivity index (χ3v) is 4.34. The molecule has 2 rings (SSSR count). The summed E-state index contributed by atoms with van der Waals surface area (Å²) in [6, 6.07) is 15.2. The van der Waals surface area contributed by atoms with Crippen molar-refractivity contribution in [2.75, 3.05) is 23.9 Å². The molecule has 5 heteroatoms. The molecule has 104 valence electrons. The maximum absolute atomic E-state index is 12.6. The quantitative estimate of drug-likeness (QED) is 0.706. The van der Waals surface area contributed by atoms with Crippen LogP contribution in [0.25, 0.3) is 0 Å². The summed E-state index contributed by atoms with van der Waals surface area (Å²) < 4.78 is 1.77. The van der Waals surface area contributed by atoms with E-state index >= 15 is 0 Å². The lowest BCUT2D eigenvalue weighted by Gasteiger charge is -2.26. The largest absolute Gasteiger partial charge is 0.328 e. The summed E-state index contributed by atoms with van der Waals surface area (Å²) in [4.78, 5) is 15.8. The Morgan fingerprint density at radius 2 is 1.15 bits per heavy atom. The van der Waals surface area contributed by atoms with Crippen LogP contribution in [0.15, 0.2) is 57.5 Å². The second-order valence-corrected chi connectivity index (χ2v) is 6.01. The molecule has 0 N–H and O–H groups in total. The predicted molar refractivity (Wildman–Crippen MR) is 90.5 cm³/mol. The number of benzene rings is 2. The topological polar surface area (TPSA) is 23.6 Å². The monoisotopic (exact) mass is 396 g/mol. The Labute approximate surface area is 135 Å². The highest BCUT2D eigenvalue weighted by molar-refractivity contribution is 9.11. The fourth-order valence-electron chi connectivity index (χ4n) is 1.88. The average molecular weight is 398 g/mol.